The van der Waals surface area contributed by atoms with Gasteiger partial charge in [-0.2, -0.15) is 0 Å². The Kier molecular flexibility index (Phi) is 7.03. The summed E-state index contributed by atoms with van der Waals surface area (Å²) in [5.74, 6) is 2.10. The van der Waals surface area contributed by atoms with Crippen molar-refractivity contribution in [2.45, 2.75) is 40.7 Å². The van der Waals surface area contributed by atoms with E-state index in [4.69, 9.17) is 4.74 Å². The zero-order valence-corrected chi connectivity index (χ0v) is 13.4. The van der Waals surface area contributed by atoms with E-state index in [0.29, 0.717) is 25.0 Å². The molecule has 2 atom stereocenters. The normalized spacial score (nSPS) is 14.3. The van der Waals surface area contributed by atoms with Crippen molar-refractivity contribution in [3.05, 3.63) is 29.3 Å². The lowest BCUT2D eigenvalue weighted by Crippen LogP contribution is -2.34. The van der Waals surface area contributed by atoms with Crippen LogP contribution in [0, 0.1) is 25.7 Å². The Hall–Kier alpha value is -1.06. The van der Waals surface area contributed by atoms with Gasteiger partial charge in [-0.1, -0.05) is 26.8 Å². The predicted octanol–water partition coefficient (Wildman–Crippen LogP) is 2.92. The molecule has 1 rings (SSSR count). The minimum Gasteiger partial charge on any atom is -0.491 e. The van der Waals surface area contributed by atoms with Gasteiger partial charge >= 0.3 is 0 Å². The quantitative estimate of drug-likeness (QED) is 0.769. The summed E-state index contributed by atoms with van der Waals surface area (Å²) in [5.41, 5.74) is 2.36. The molecular formula is C17H29NO2. The number of hydrogen-bond donors (Lipinski definition) is 2. The molecule has 0 fully saturated rings. The van der Waals surface area contributed by atoms with Crippen LogP contribution >= 0.6 is 0 Å². The lowest BCUT2D eigenvalue weighted by atomic mass is 9.98. The van der Waals surface area contributed by atoms with Crippen LogP contribution in [0.2, 0.25) is 0 Å². The number of nitrogens with one attached hydrogen (secondary N) is 1. The van der Waals surface area contributed by atoms with Crippen molar-refractivity contribution in [1.82, 2.24) is 5.32 Å². The number of aliphatic hydroxyl groups excluding tert-OH is 1. The highest BCUT2D eigenvalue weighted by atomic mass is 16.5. The highest BCUT2D eigenvalue weighted by molar-refractivity contribution is 5.32. The molecule has 0 aliphatic rings. The lowest BCUT2D eigenvalue weighted by molar-refractivity contribution is 0.105. The van der Waals surface area contributed by atoms with Gasteiger partial charge in [0.05, 0.1) is 0 Å². The largest absolute Gasteiger partial charge is 0.491 e. The van der Waals surface area contributed by atoms with Gasteiger partial charge in [0.2, 0.25) is 0 Å². The first-order valence-electron chi connectivity index (χ1n) is 7.48. The third-order valence-electron chi connectivity index (χ3n) is 3.62. The summed E-state index contributed by atoms with van der Waals surface area (Å²) in [4.78, 5) is 0. The number of hydrogen-bond acceptors (Lipinski definition) is 3. The number of aryl methyl sites for hydroxylation is 2. The van der Waals surface area contributed by atoms with Gasteiger partial charge in [-0.3, -0.25) is 0 Å². The molecule has 0 aliphatic carbocycles. The Labute approximate surface area is 123 Å². The Morgan fingerprint density at radius 2 is 1.65 bits per heavy atom. The van der Waals surface area contributed by atoms with E-state index in [1.165, 1.54) is 11.1 Å². The second-order valence-electron chi connectivity index (χ2n) is 6.17. The van der Waals surface area contributed by atoms with E-state index in [-0.39, 0.29) is 0 Å². The van der Waals surface area contributed by atoms with Gasteiger partial charge in [-0.05, 0) is 55.5 Å². The van der Waals surface area contributed by atoms with Crippen LogP contribution < -0.4 is 10.1 Å². The zero-order valence-electron chi connectivity index (χ0n) is 13.4. The maximum Gasteiger partial charge on any atom is 0.119 e. The van der Waals surface area contributed by atoms with Crippen LogP contribution in [-0.2, 0) is 0 Å². The van der Waals surface area contributed by atoms with Gasteiger partial charge in [0.1, 0.15) is 18.5 Å². The van der Waals surface area contributed by atoms with Crippen LogP contribution in [0.25, 0.3) is 0 Å². The molecule has 0 spiro atoms. The standard InChI is InChI=1S/C17H29NO2/c1-12(2)15(5)9-18-10-16(19)11-20-17-7-13(3)6-14(4)8-17/h6-8,12,15-16,18-19H,9-11H2,1-5H3. The van der Waals surface area contributed by atoms with Crippen molar-refractivity contribution in [1.29, 1.82) is 0 Å². The highest BCUT2D eigenvalue weighted by Crippen LogP contribution is 2.16. The Bertz CT molecular complexity index is 384. The van der Waals surface area contributed by atoms with Gasteiger partial charge in [-0.15, -0.1) is 0 Å². The van der Waals surface area contributed by atoms with E-state index in [1.54, 1.807) is 0 Å². The van der Waals surface area contributed by atoms with Gasteiger partial charge in [0.15, 0.2) is 0 Å². The average molecular weight is 279 g/mol. The maximum atomic E-state index is 9.91. The lowest BCUT2D eigenvalue weighted by Gasteiger charge is -2.18. The van der Waals surface area contributed by atoms with Crippen LogP contribution in [0.1, 0.15) is 31.9 Å². The molecule has 3 heteroatoms. The molecule has 0 aromatic heterocycles. The first kappa shape index (κ1) is 17.0. The molecule has 0 saturated carbocycles. The Morgan fingerprint density at radius 3 is 2.20 bits per heavy atom. The molecule has 114 valence electrons. The van der Waals surface area contributed by atoms with E-state index < -0.39 is 6.10 Å². The van der Waals surface area contributed by atoms with Crippen molar-refractivity contribution < 1.29 is 9.84 Å². The SMILES string of the molecule is Cc1cc(C)cc(OCC(O)CNCC(C)C(C)C)c1. The molecule has 0 radical (unpaired) electrons. The molecule has 1 aromatic rings. The summed E-state index contributed by atoms with van der Waals surface area (Å²) in [6.45, 7) is 12.6. The fourth-order valence-corrected chi connectivity index (χ4v) is 1.98. The van der Waals surface area contributed by atoms with E-state index >= 15 is 0 Å². The van der Waals surface area contributed by atoms with Gasteiger partial charge in [-0.25, -0.2) is 0 Å². The number of benzene rings is 1. The molecule has 20 heavy (non-hydrogen) atoms. The fourth-order valence-electron chi connectivity index (χ4n) is 1.98. The van der Waals surface area contributed by atoms with Crippen molar-refractivity contribution in [3.8, 4) is 5.75 Å². The fraction of sp³-hybridized carbons (Fsp3) is 0.647. The van der Waals surface area contributed by atoms with E-state index in [0.717, 1.165) is 12.3 Å². The molecule has 2 N–H and O–H groups in total. The molecule has 3 nitrogen and oxygen atoms in total. The first-order chi connectivity index (χ1) is 9.38. The van der Waals surface area contributed by atoms with E-state index in [2.05, 4.69) is 32.2 Å². The molecule has 0 bridgehead atoms. The Balaban J connectivity index is 2.27. The van der Waals surface area contributed by atoms with Crippen LogP contribution in [0.5, 0.6) is 5.75 Å². The monoisotopic (exact) mass is 279 g/mol. The third-order valence-corrected chi connectivity index (χ3v) is 3.62. The van der Waals surface area contributed by atoms with Crippen molar-refractivity contribution >= 4 is 0 Å². The maximum absolute atomic E-state index is 9.91. The van der Waals surface area contributed by atoms with Crippen molar-refractivity contribution in [2.24, 2.45) is 11.8 Å². The predicted molar refractivity (Wildman–Crippen MR) is 84.3 cm³/mol. The first-order valence-corrected chi connectivity index (χ1v) is 7.48. The summed E-state index contributed by atoms with van der Waals surface area (Å²) in [6, 6.07) is 6.10. The highest BCUT2D eigenvalue weighted by Gasteiger charge is 2.09. The summed E-state index contributed by atoms with van der Waals surface area (Å²) in [7, 11) is 0. The minimum atomic E-state index is -0.477. The molecule has 0 saturated heterocycles. The number of ether oxygens (including phenoxy) is 1. The zero-order chi connectivity index (χ0) is 15.1. The summed E-state index contributed by atoms with van der Waals surface area (Å²) in [6.07, 6.45) is -0.477. The van der Waals surface area contributed by atoms with Crippen LogP contribution in [-0.4, -0.2) is 30.9 Å². The van der Waals surface area contributed by atoms with Crippen molar-refractivity contribution in [3.63, 3.8) is 0 Å². The van der Waals surface area contributed by atoms with Crippen LogP contribution in [0.3, 0.4) is 0 Å². The van der Waals surface area contributed by atoms with E-state index in [9.17, 15) is 5.11 Å². The molecule has 0 amide bonds. The third kappa shape index (κ3) is 6.40. The van der Waals surface area contributed by atoms with Gasteiger partial charge in [0, 0.05) is 6.54 Å². The van der Waals surface area contributed by atoms with Crippen molar-refractivity contribution in [2.75, 3.05) is 19.7 Å². The van der Waals surface area contributed by atoms with Gasteiger partial charge in [0.25, 0.3) is 0 Å². The minimum absolute atomic E-state index is 0.325. The van der Waals surface area contributed by atoms with Gasteiger partial charge < -0.3 is 15.2 Å². The van der Waals surface area contributed by atoms with E-state index in [1.807, 2.05) is 26.0 Å². The van der Waals surface area contributed by atoms with Crippen LogP contribution in [0.4, 0.5) is 0 Å². The summed E-state index contributed by atoms with van der Waals surface area (Å²) in [5, 5.41) is 13.2. The molecule has 1 aromatic carbocycles. The Morgan fingerprint density at radius 1 is 1.05 bits per heavy atom. The smallest absolute Gasteiger partial charge is 0.119 e. The molecule has 0 aliphatic heterocycles. The van der Waals surface area contributed by atoms with Crippen LogP contribution in [0.15, 0.2) is 18.2 Å². The summed E-state index contributed by atoms with van der Waals surface area (Å²) >= 11 is 0. The molecular weight excluding hydrogens is 250 g/mol. The average Bonchev–Trinajstić information content (AvgIpc) is 2.35. The topological polar surface area (TPSA) is 41.5 Å². The number of rotatable bonds is 8. The number of aliphatic hydroxyl groups is 1. The molecule has 0 heterocycles. The second kappa shape index (κ2) is 8.28. The molecule has 2 unspecified atom stereocenters. The second-order valence-corrected chi connectivity index (χ2v) is 6.17. The summed E-state index contributed by atoms with van der Waals surface area (Å²) < 4.78 is 5.64.